The first-order valence-corrected chi connectivity index (χ1v) is 6.68. The number of halogens is 2. The summed E-state index contributed by atoms with van der Waals surface area (Å²) in [6, 6.07) is 3.27. The molecule has 0 aromatic heterocycles. The molecule has 1 aromatic carbocycles. The van der Waals surface area contributed by atoms with Crippen molar-refractivity contribution >= 4 is 0 Å². The molecule has 4 heteroatoms. The fourth-order valence-corrected chi connectivity index (χ4v) is 2.61. The lowest BCUT2D eigenvalue weighted by Gasteiger charge is -2.23. The quantitative estimate of drug-likeness (QED) is 0.904. The van der Waals surface area contributed by atoms with Gasteiger partial charge in [0.15, 0.2) is 0 Å². The van der Waals surface area contributed by atoms with Gasteiger partial charge in [-0.2, -0.15) is 0 Å². The Bertz CT molecular complexity index is 454. The van der Waals surface area contributed by atoms with Crippen molar-refractivity contribution in [3.05, 3.63) is 28.8 Å². The first-order chi connectivity index (χ1) is 8.94. The van der Waals surface area contributed by atoms with Gasteiger partial charge in [-0.05, 0) is 62.5 Å². The average Bonchev–Trinajstić information content (AvgIpc) is 2.84. The molecular formula is C15H21F2NO. The van der Waals surface area contributed by atoms with Gasteiger partial charge in [-0.3, -0.25) is 0 Å². The van der Waals surface area contributed by atoms with E-state index in [4.69, 9.17) is 4.74 Å². The summed E-state index contributed by atoms with van der Waals surface area (Å²) in [7, 11) is 1.45. The van der Waals surface area contributed by atoms with Crippen molar-refractivity contribution in [2.24, 2.45) is 5.92 Å². The zero-order chi connectivity index (χ0) is 14.0. The summed E-state index contributed by atoms with van der Waals surface area (Å²) in [5, 5.41) is 3.13. The highest BCUT2D eigenvalue weighted by Gasteiger charge is 2.38. The Labute approximate surface area is 113 Å². The van der Waals surface area contributed by atoms with Gasteiger partial charge in [0.1, 0.15) is 5.75 Å². The number of alkyl halides is 2. The number of nitrogens with one attached hydrogen (secondary N) is 1. The highest BCUT2D eigenvalue weighted by atomic mass is 19.3. The number of rotatable bonds is 4. The summed E-state index contributed by atoms with van der Waals surface area (Å²) in [4.78, 5) is 0. The Morgan fingerprint density at radius 1 is 1.32 bits per heavy atom. The number of benzene rings is 1. The fraction of sp³-hybridized carbons (Fsp3) is 0.600. The third-order valence-electron chi connectivity index (χ3n) is 3.92. The first kappa shape index (κ1) is 14.3. The van der Waals surface area contributed by atoms with Crippen LogP contribution in [0.4, 0.5) is 8.78 Å². The average molecular weight is 269 g/mol. The van der Waals surface area contributed by atoms with Crippen LogP contribution in [0.3, 0.4) is 0 Å². The third kappa shape index (κ3) is 3.06. The maximum absolute atomic E-state index is 14.5. The van der Waals surface area contributed by atoms with Gasteiger partial charge in [0.2, 0.25) is 0 Å². The summed E-state index contributed by atoms with van der Waals surface area (Å²) in [6.07, 6.45) is 0.710. The molecule has 1 aliphatic rings. The summed E-state index contributed by atoms with van der Waals surface area (Å²) < 4.78 is 34.1. The van der Waals surface area contributed by atoms with Crippen molar-refractivity contribution < 1.29 is 13.5 Å². The minimum atomic E-state index is -2.83. The molecule has 0 bridgehead atoms. The van der Waals surface area contributed by atoms with Gasteiger partial charge in [-0.25, -0.2) is 8.78 Å². The van der Waals surface area contributed by atoms with Crippen molar-refractivity contribution in [3.63, 3.8) is 0 Å². The normalized spacial score (nSPS) is 19.7. The van der Waals surface area contributed by atoms with E-state index in [0.29, 0.717) is 12.3 Å². The monoisotopic (exact) mass is 269 g/mol. The molecule has 19 heavy (non-hydrogen) atoms. The first-order valence-electron chi connectivity index (χ1n) is 6.68. The van der Waals surface area contributed by atoms with E-state index in [-0.39, 0.29) is 17.9 Å². The van der Waals surface area contributed by atoms with Gasteiger partial charge in [-0.1, -0.05) is 0 Å². The van der Waals surface area contributed by atoms with Gasteiger partial charge < -0.3 is 10.1 Å². The van der Waals surface area contributed by atoms with Gasteiger partial charge >= 0.3 is 0 Å². The highest BCUT2D eigenvalue weighted by molar-refractivity contribution is 5.44. The molecule has 1 aliphatic heterocycles. The van der Waals surface area contributed by atoms with E-state index in [1.54, 1.807) is 12.1 Å². The fourth-order valence-electron chi connectivity index (χ4n) is 2.61. The summed E-state index contributed by atoms with van der Waals surface area (Å²) >= 11 is 0. The van der Waals surface area contributed by atoms with Crippen LogP contribution >= 0.6 is 0 Å². The molecular weight excluding hydrogens is 248 g/mol. The Morgan fingerprint density at radius 3 is 2.58 bits per heavy atom. The van der Waals surface area contributed by atoms with Gasteiger partial charge in [0.05, 0.1) is 12.7 Å². The minimum absolute atomic E-state index is 0.0185. The molecule has 1 N–H and O–H groups in total. The third-order valence-corrected chi connectivity index (χ3v) is 3.92. The molecule has 1 heterocycles. The number of hydrogen-bond donors (Lipinski definition) is 1. The molecule has 0 aliphatic carbocycles. The van der Waals surface area contributed by atoms with Crippen LogP contribution in [0.2, 0.25) is 0 Å². The van der Waals surface area contributed by atoms with E-state index in [1.165, 1.54) is 7.11 Å². The Balaban J connectivity index is 2.29. The van der Waals surface area contributed by atoms with Crippen LogP contribution in [-0.4, -0.2) is 20.2 Å². The van der Waals surface area contributed by atoms with E-state index in [0.717, 1.165) is 24.1 Å². The second-order valence-corrected chi connectivity index (χ2v) is 5.40. The SMILES string of the molecule is COc1cc(C)c(C)cc1C(F)(F)CC1CCNC1. The smallest absolute Gasteiger partial charge is 0.277 e. The maximum atomic E-state index is 14.5. The minimum Gasteiger partial charge on any atom is -0.496 e. The molecule has 1 atom stereocenters. The van der Waals surface area contributed by atoms with Crippen molar-refractivity contribution in [1.29, 1.82) is 0 Å². The molecule has 106 valence electrons. The molecule has 0 amide bonds. The summed E-state index contributed by atoms with van der Waals surface area (Å²) in [6.45, 7) is 5.28. The number of methoxy groups -OCH3 is 1. The number of aryl methyl sites for hydroxylation is 2. The maximum Gasteiger partial charge on any atom is 0.277 e. The lowest BCUT2D eigenvalue weighted by Crippen LogP contribution is -2.21. The molecule has 2 nitrogen and oxygen atoms in total. The zero-order valence-electron chi connectivity index (χ0n) is 11.7. The lowest BCUT2D eigenvalue weighted by atomic mass is 9.92. The summed E-state index contributed by atoms with van der Waals surface area (Å²) in [5.41, 5.74) is 1.86. The van der Waals surface area contributed by atoms with E-state index < -0.39 is 5.92 Å². The van der Waals surface area contributed by atoms with E-state index in [2.05, 4.69) is 5.32 Å². The standard InChI is InChI=1S/C15H21F2NO/c1-10-6-13(14(19-3)7-11(10)2)15(16,17)8-12-4-5-18-9-12/h6-7,12,18H,4-5,8-9H2,1-3H3. The topological polar surface area (TPSA) is 21.3 Å². The predicted molar refractivity (Wildman–Crippen MR) is 72.0 cm³/mol. The largest absolute Gasteiger partial charge is 0.496 e. The van der Waals surface area contributed by atoms with Crippen molar-refractivity contribution in [2.45, 2.75) is 32.6 Å². The molecule has 0 spiro atoms. The molecule has 1 saturated heterocycles. The van der Waals surface area contributed by atoms with Crippen molar-refractivity contribution in [3.8, 4) is 5.75 Å². The van der Waals surface area contributed by atoms with Crippen LogP contribution in [0.15, 0.2) is 12.1 Å². The molecule has 1 fully saturated rings. The van der Waals surface area contributed by atoms with E-state index in [1.807, 2.05) is 13.8 Å². The zero-order valence-corrected chi connectivity index (χ0v) is 11.7. The van der Waals surface area contributed by atoms with Crippen molar-refractivity contribution in [1.82, 2.24) is 5.32 Å². The highest BCUT2D eigenvalue weighted by Crippen LogP contribution is 2.41. The van der Waals surface area contributed by atoms with Gasteiger partial charge in [0, 0.05) is 6.42 Å². The molecule has 1 aromatic rings. The second-order valence-electron chi connectivity index (χ2n) is 5.40. The Hall–Kier alpha value is -1.16. The molecule has 0 radical (unpaired) electrons. The Morgan fingerprint density at radius 2 is 2.00 bits per heavy atom. The number of hydrogen-bond acceptors (Lipinski definition) is 2. The molecule has 0 saturated carbocycles. The second kappa shape index (κ2) is 5.45. The Kier molecular flexibility index (Phi) is 4.09. The van der Waals surface area contributed by atoms with Gasteiger partial charge in [0.25, 0.3) is 5.92 Å². The van der Waals surface area contributed by atoms with Crippen molar-refractivity contribution in [2.75, 3.05) is 20.2 Å². The number of ether oxygens (including phenoxy) is 1. The molecule has 1 unspecified atom stereocenters. The van der Waals surface area contributed by atoms with Crippen LogP contribution in [0.25, 0.3) is 0 Å². The van der Waals surface area contributed by atoms with E-state index in [9.17, 15) is 8.78 Å². The lowest BCUT2D eigenvalue weighted by molar-refractivity contribution is -0.0287. The van der Waals surface area contributed by atoms with Crippen LogP contribution < -0.4 is 10.1 Å². The summed E-state index contributed by atoms with van der Waals surface area (Å²) in [5.74, 6) is -2.50. The van der Waals surface area contributed by atoms with Crippen LogP contribution in [0.5, 0.6) is 5.75 Å². The van der Waals surface area contributed by atoms with Crippen LogP contribution in [0, 0.1) is 19.8 Å². The van der Waals surface area contributed by atoms with Crippen LogP contribution in [-0.2, 0) is 5.92 Å². The van der Waals surface area contributed by atoms with E-state index >= 15 is 0 Å². The molecule has 2 rings (SSSR count). The predicted octanol–water partition coefficient (Wildman–Crippen LogP) is 3.40. The van der Waals surface area contributed by atoms with Crippen LogP contribution in [0.1, 0.15) is 29.5 Å². The van der Waals surface area contributed by atoms with Gasteiger partial charge in [-0.15, -0.1) is 0 Å².